The van der Waals surface area contributed by atoms with E-state index in [1.165, 1.54) is 0 Å². The van der Waals surface area contributed by atoms with Crippen LogP contribution in [-0.2, 0) is 12.3 Å². The summed E-state index contributed by atoms with van der Waals surface area (Å²) in [4.78, 5) is 24.5. The summed E-state index contributed by atoms with van der Waals surface area (Å²) in [6, 6.07) is 25.6. The first kappa shape index (κ1) is 25.6. The predicted molar refractivity (Wildman–Crippen MR) is 151 cm³/mol. The van der Waals surface area contributed by atoms with Gasteiger partial charge in [0.2, 0.25) is 6.79 Å². The van der Waals surface area contributed by atoms with Crippen molar-refractivity contribution in [3.63, 3.8) is 0 Å². The molecule has 0 radical (unpaired) electrons. The Morgan fingerprint density at radius 3 is 2.50 bits per heavy atom. The number of rotatable bonds is 10. The maximum Gasteiger partial charge on any atom is 0.251 e. The zero-order chi connectivity index (χ0) is 26.3. The van der Waals surface area contributed by atoms with E-state index in [4.69, 9.17) is 19.4 Å². The number of hydrogen-bond acceptors (Lipinski definition) is 7. The van der Waals surface area contributed by atoms with Crippen LogP contribution in [-0.4, -0.2) is 36.3 Å². The molecule has 194 valence electrons. The van der Waals surface area contributed by atoms with Crippen molar-refractivity contribution in [1.29, 1.82) is 0 Å². The molecule has 1 aliphatic heterocycles. The third kappa shape index (κ3) is 6.26. The first-order chi connectivity index (χ1) is 18.6. The van der Waals surface area contributed by atoms with Gasteiger partial charge in [0.15, 0.2) is 16.7 Å². The third-order valence-electron chi connectivity index (χ3n) is 6.19. The number of fused-ring (bicyclic) bond motifs is 1. The van der Waals surface area contributed by atoms with Gasteiger partial charge in [-0.2, -0.15) is 0 Å². The standard InChI is InChI=1S/C30H30N4O3S/c1-3-15-34(2)28-17-25(23-7-5-4-6-8-23)32-30(33-28)38-19-21-9-12-24(13-10-21)29(35)31-18-22-11-14-26-27(16-22)37-20-36-26/h4-14,16-17H,3,15,18-20H2,1-2H3,(H,31,35). The van der Waals surface area contributed by atoms with Crippen LogP contribution in [0.15, 0.2) is 84.0 Å². The number of hydrogen-bond donors (Lipinski definition) is 1. The van der Waals surface area contributed by atoms with Crippen LogP contribution in [0.25, 0.3) is 11.3 Å². The number of anilines is 1. The minimum absolute atomic E-state index is 0.121. The highest BCUT2D eigenvalue weighted by molar-refractivity contribution is 7.98. The van der Waals surface area contributed by atoms with Crippen LogP contribution in [0.1, 0.15) is 34.8 Å². The fourth-order valence-electron chi connectivity index (χ4n) is 4.12. The van der Waals surface area contributed by atoms with Gasteiger partial charge in [-0.05, 0) is 41.8 Å². The van der Waals surface area contributed by atoms with Crippen molar-refractivity contribution in [3.8, 4) is 22.8 Å². The number of carbonyl (C=O) groups excluding carboxylic acids is 1. The molecule has 2 heterocycles. The maximum absolute atomic E-state index is 12.7. The summed E-state index contributed by atoms with van der Waals surface area (Å²) in [6.07, 6.45) is 1.04. The lowest BCUT2D eigenvalue weighted by Gasteiger charge is -2.18. The molecule has 1 N–H and O–H groups in total. The number of carbonyl (C=O) groups is 1. The van der Waals surface area contributed by atoms with E-state index in [1.54, 1.807) is 11.8 Å². The van der Waals surface area contributed by atoms with Crippen molar-refractivity contribution in [1.82, 2.24) is 15.3 Å². The Balaban J connectivity index is 1.22. The fourth-order valence-corrected chi connectivity index (χ4v) is 4.92. The van der Waals surface area contributed by atoms with Crippen LogP contribution in [0.2, 0.25) is 0 Å². The topological polar surface area (TPSA) is 76.6 Å². The SMILES string of the molecule is CCCN(C)c1cc(-c2ccccc2)nc(SCc2ccc(C(=O)NCc3ccc4c(c3)OCO4)cc2)n1. The first-order valence-electron chi connectivity index (χ1n) is 12.6. The van der Waals surface area contributed by atoms with E-state index in [0.29, 0.717) is 23.6 Å². The van der Waals surface area contributed by atoms with Gasteiger partial charge in [-0.1, -0.05) is 67.2 Å². The molecule has 0 saturated heterocycles. The van der Waals surface area contributed by atoms with E-state index in [9.17, 15) is 4.79 Å². The van der Waals surface area contributed by atoms with Gasteiger partial charge in [-0.3, -0.25) is 4.79 Å². The van der Waals surface area contributed by atoms with E-state index in [-0.39, 0.29) is 12.7 Å². The number of aromatic nitrogens is 2. The quantitative estimate of drug-likeness (QED) is 0.202. The first-order valence-corrected chi connectivity index (χ1v) is 13.6. The van der Waals surface area contributed by atoms with Gasteiger partial charge in [0, 0.05) is 43.1 Å². The zero-order valence-electron chi connectivity index (χ0n) is 21.5. The average Bonchev–Trinajstić information content (AvgIpc) is 3.43. The van der Waals surface area contributed by atoms with Gasteiger partial charge >= 0.3 is 0 Å². The largest absolute Gasteiger partial charge is 0.454 e. The van der Waals surface area contributed by atoms with Crippen molar-refractivity contribution in [3.05, 3.63) is 95.6 Å². The molecule has 3 aromatic carbocycles. The molecular weight excluding hydrogens is 496 g/mol. The van der Waals surface area contributed by atoms with Gasteiger partial charge in [0.25, 0.3) is 5.91 Å². The lowest BCUT2D eigenvalue weighted by Crippen LogP contribution is -2.22. The Kier molecular flexibility index (Phi) is 8.09. The third-order valence-corrected chi connectivity index (χ3v) is 7.10. The summed E-state index contributed by atoms with van der Waals surface area (Å²) < 4.78 is 10.7. The van der Waals surface area contributed by atoms with E-state index in [2.05, 4.69) is 36.3 Å². The van der Waals surface area contributed by atoms with Crippen LogP contribution in [0.3, 0.4) is 0 Å². The molecule has 1 aliphatic rings. The van der Waals surface area contributed by atoms with Gasteiger partial charge in [-0.15, -0.1) is 0 Å². The highest BCUT2D eigenvalue weighted by atomic mass is 32.2. The normalized spacial score (nSPS) is 11.8. The Morgan fingerprint density at radius 2 is 1.71 bits per heavy atom. The van der Waals surface area contributed by atoms with E-state index < -0.39 is 0 Å². The second-order valence-electron chi connectivity index (χ2n) is 9.04. The molecule has 5 rings (SSSR count). The molecule has 38 heavy (non-hydrogen) atoms. The predicted octanol–water partition coefficient (Wildman–Crippen LogP) is 5.94. The molecule has 0 atom stereocenters. The number of benzene rings is 3. The summed E-state index contributed by atoms with van der Waals surface area (Å²) >= 11 is 1.59. The van der Waals surface area contributed by atoms with E-state index >= 15 is 0 Å². The number of ether oxygens (including phenoxy) is 2. The molecule has 0 bridgehead atoms. The van der Waals surface area contributed by atoms with Crippen molar-refractivity contribution in [2.45, 2.75) is 30.8 Å². The summed E-state index contributed by atoms with van der Waals surface area (Å²) in [7, 11) is 2.06. The molecule has 1 amide bonds. The molecule has 0 saturated carbocycles. The smallest absolute Gasteiger partial charge is 0.251 e. The van der Waals surface area contributed by atoms with Gasteiger partial charge in [0.1, 0.15) is 5.82 Å². The van der Waals surface area contributed by atoms with Crippen LogP contribution < -0.4 is 19.7 Å². The summed E-state index contributed by atoms with van der Waals surface area (Å²) in [5.41, 5.74) is 4.65. The molecule has 0 fully saturated rings. The fraction of sp³-hybridized carbons (Fsp3) is 0.233. The average molecular weight is 527 g/mol. The Bertz CT molecular complexity index is 1400. The summed E-state index contributed by atoms with van der Waals surface area (Å²) in [6.45, 7) is 3.73. The summed E-state index contributed by atoms with van der Waals surface area (Å²) in [5, 5.41) is 3.70. The molecule has 7 nitrogen and oxygen atoms in total. The Hall–Kier alpha value is -4.04. The molecule has 0 spiro atoms. The van der Waals surface area contributed by atoms with Crippen LogP contribution in [0.4, 0.5) is 5.82 Å². The van der Waals surface area contributed by atoms with E-state index in [0.717, 1.165) is 52.1 Å². The maximum atomic E-state index is 12.7. The van der Waals surface area contributed by atoms with Crippen molar-refractivity contribution in [2.24, 2.45) is 0 Å². The molecule has 4 aromatic rings. The second kappa shape index (κ2) is 12.0. The number of thioether (sulfide) groups is 1. The number of amides is 1. The highest BCUT2D eigenvalue weighted by Gasteiger charge is 2.14. The molecule has 0 unspecified atom stereocenters. The minimum atomic E-state index is -0.121. The molecule has 1 aromatic heterocycles. The monoisotopic (exact) mass is 526 g/mol. The van der Waals surface area contributed by atoms with E-state index in [1.807, 2.05) is 66.7 Å². The van der Waals surface area contributed by atoms with Crippen LogP contribution >= 0.6 is 11.8 Å². The van der Waals surface area contributed by atoms with Gasteiger partial charge in [0.05, 0.1) is 5.69 Å². The molecule has 0 aliphatic carbocycles. The minimum Gasteiger partial charge on any atom is -0.454 e. The highest BCUT2D eigenvalue weighted by Crippen LogP contribution is 2.32. The molecule has 8 heteroatoms. The second-order valence-corrected chi connectivity index (χ2v) is 9.98. The number of nitrogens with one attached hydrogen (secondary N) is 1. The Labute approximate surface area is 227 Å². The Morgan fingerprint density at radius 1 is 0.947 bits per heavy atom. The lowest BCUT2D eigenvalue weighted by atomic mass is 10.1. The van der Waals surface area contributed by atoms with Crippen LogP contribution in [0, 0.1) is 0 Å². The molecular formula is C30H30N4O3S. The van der Waals surface area contributed by atoms with Gasteiger partial charge in [-0.25, -0.2) is 9.97 Å². The lowest BCUT2D eigenvalue weighted by molar-refractivity contribution is 0.0951. The summed E-state index contributed by atoms with van der Waals surface area (Å²) in [5.74, 6) is 2.94. The van der Waals surface area contributed by atoms with Crippen molar-refractivity contribution in [2.75, 3.05) is 25.3 Å². The van der Waals surface area contributed by atoms with Crippen molar-refractivity contribution >= 4 is 23.5 Å². The van der Waals surface area contributed by atoms with Crippen LogP contribution in [0.5, 0.6) is 11.5 Å². The number of nitrogens with zero attached hydrogens (tertiary/aromatic N) is 3. The zero-order valence-corrected chi connectivity index (χ0v) is 22.3. The van der Waals surface area contributed by atoms with Crippen molar-refractivity contribution < 1.29 is 14.3 Å². The van der Waals surface area contributed by atoms with Gasteiger partial charge < -0.3 is 19.7 Å².